The van der Waals surface area contributed by atoms with Crippen LogP contribution in [0.25, 0.3) is 0 Å². The number of carboxylic acids is 1. The van der Waals surface area contributed by atoms with Crippen LogP contribution < -0.4 is 9.80 Å². The topological polar surface area (TPSA) is 56.7 Å². The van der Waals surface area contributed by atoms with Gasteiger partial charge in [-0.15, -0.1) is 0 Å². The number of fused-ring (bicyclic) bond motifs is 4. The van der Waals surface area contributed by atoms with E-state index in [4.69, 9.17) is 5.11 Å². The third-order valence-corrected chi connectivity index (χ3v) is 3.46. The predicted octanol–water partition coefficient (Wildman–Crippen LogP) is 0.808. The molecule has 0 amide bonds. The first-order valence-electron chi connectivity index (χ1n) is 5.39. The molecule has 3 heterocycles. The molecule has 1 saturated heterocycles. The zero-order valence-electron chi connectivity index (χ0n) is 9.05. The molecule has 2 aliphatic rings. The van der Waals surface area contributed by atoms with Gasteiger partial charge in [0, 0.05) is 26.2 Å². The van der Waals surface area contributed by atoms with Gasteiger partial charge in [0.05, 0.1) is 5.69 Å². The zero-order valence-corrected chi connectivity index (χ0v) is 9.05. The number of carboxylic acid groups (broad SMARTS) is 1. The Morgan fingerprint density at radius 3 is 3.12 bits per heavy atom. The summed E-state index contributed by atoms with van der Waals surface area (Å²) < 4.78 is 0. The van der Waals surface area contributed by atoms with Gasteiger partial charge < -0.3 is 14.9 Å². The van der Waals surface area contributed by atoms with Crippen molar-refractivity contribution in [3.63, 3.8) is 0 Å². The highest BCUT2D eigenvalue weighted by atomic mass is 16.4. The van der Waals surface area contributed by atoms with Crippen LogP contribution >= 0.6 is 0 Å². The van der Waals surface area contributed by atoms with Crippen LogP contribution in [0.5, 0.6) is 0 Å². The van der Waals surface area contributed by atoms with E-state index in [0.29, 0.717) is 6.04 Å². The molecule has 3 rings (SSSR count). The standard InChI is InChI=1S/C11H13N3O2/c1-13-7-4-5-14(6-7)9-3-2-8(11(15)16)12-10(9)13/h2-3,7H,4-6H2,1H3,(H,15,16). The summed E-state index contributed by atoms with van der Waals surface area (Å²) in [6.45, 7) is 2.06. The smallest absolute Gasteiger partial charge is 0.354 e. The van der Waals surface area contributed by atoms with Crippen molar-refractivity contribution < 1.29 is 9.90 Å². The Morgan fingerprint density at radius 2 is 2.38 bits per heavy atom. The van der Waals surface area contributed by atoms with E-state index in [9.17, 15) is 4.79 Å². The summed E-state index contributed by atoms with van der Waals surface area (Å²) in [5.41, 5.74) is 1.18. The van der Waals surface area contributed by atoms with Crippen LogP contribution in [0.1, 0.15) is 16.9 Å². The Morgan fingerprint density at radius 1 is 1.56 bits per heavy atom. The average Bonchev–Trinajstić information content (AvgIpc) is 2.71. The largest absolute Gasteiger partial charge is 0.477 e. The summed E-state index contributed by atoms with van der Waals surface area (Å²) in [5, 5.41) is 8.93. The first-order chi connectivity index (χ1) is 7.66. The molecular formula is C11H13N3O2. The number of aromatic nitrogens is 1. The lowest BCUT2D eigenvalue weighted by molar-refractivity contribution is 0.0690. The van der Waals surface area contributed by atoms with Crippen molar-refractivity contribution in [2.45, 2.75) is 12.5 Å². The van der Waals surface area contributed by atoms with Crippen LogP contribution in [-0.2, 0) is 0 Å². The number of hydrogen-bond donors (Lipinski definition) is 1. The summed E-state index contributed by atoms with van der Waals surface area (Å²) in [7, 11) is 1.99. The minimum absolute atomic E-state index is 0.119. The number of hydrogen-bond acceptors (Lipinski definition) is 4. The number of carbonyl (C=O) groups is 1. The lowest BCUT2D eigenvalue weighted by Gasteiger charge is -2.34. The van der Waals surface area contributed by atoms with Crippen LogP contribution in [0.2, 0.25) is 0 Å². The van der Waals surface area contributed by atoms with E-state index < -0.39 is 5.97 Å². The highest BCUT2D eigenvalue weighted by molar-refractivity contribution is 5.87. The SMILES string of the molecule is CN1c2nc(C(=O)O)ccc2N2CCC1C2. The van der Waals surface area contributed by atoms with E-state index in [1.54, 1.807) is 6.07 Å². The highest BCUT2D eigenvalue weighted by Gasteiger charge is 2.35. The lowest BCUT2D eigenvalue weighted by Crippen LogP contribution is -2.40. The molecule has 1 atom stereocenters. The molecule has 1 fully saturated rings. The third kappa shape index (κ3) is 1.17. The van der Waals surface area contributed by atoms with Gasteiger partial charge in [-0.05, 0) is 18.6 Å². The van der Waals surface area contributed by atoms with Crippen molar-refractivity contribution in [3.05, 3.63) is 17.8 Å². The van der Waals surface area contributed by atoms with Crippen molar-refractivity contribution in [1.29, 1.82) is 0 Å². The predicted molar refractivity (Wildman–Crippen MR) is 60.2 cm³/mol. The highest BCUT2D eigenvalue weighted by Crippen LogP contribution is 2.37. The molecule has 5 nitrogen and oxygen atoms in total. The van der Waals surface area contributed by atoms with Gasteiger partial charge in [0.1, 0.15) is 0 Å². The molecule has 0 aromatic carbocycles. The maximum absolute atomic E-state index is 10.9. The fourth-order valence-electron chi connectivity index (χ4n) is 2.52. The van der Waals surface area contributed by atoms with Crippen LogP contribution in [0, 0.1) is 0 Å². The average molecular weight is 219 g/mol. The molecule has 84 valence electrons. The van der Waals surface area contributed by atoms with Crippen molar-refractivity contribution >= 4 is 17.5 Å². The third-order valence-electron chi connectivity index (χ3n) is 3.46. The summed E-state index contributed by atoms with van der Waals surface area (Å²) in [5.74, 6) is -0.169. The molecule has 0 aliphatic carbocycles. The summed E-state index contributed by atoms with van der Waals surface area (Å²) in [6.07, 6.45) is 1.12. The zero-order chi connectivity index (χ0) is 11.3. The minimum Gasteiger partial charge on any atom is -0.477 e. The molecule has 0 radical (unpaired) electrons. The monoisotopic (exact) mass is 219 g/mol. The van der Waals surface area contributed by atoms with Gasteiger partial charge in [-0.3, -0.25) is 0 Å². The van der Waals surface area contributed by atoms with Crippen molar-refractivity contribution in [2.24, 2.45) is 0 Å². The molecule has 0 spiro atoms. The van der Waals surface area contributed by atoms with E-state index >= 15 is 0 Å². The molecule has 1 aromatic heterocycles. The van der Waals surface area contributed by atoms with Crippen LogP contribution in [-0.4, -0.2) is 42.2 Å². The summed E-state index contributed by atoms with van der Waals surface area (Å²) in [4.78, 5) is 19.5. The molecule has 1 unspecified atom stereocenters. The molecule has 5 heteroatoms. The number of anilines is 2. The number of aromatic carboxylic acids is 1. The van der Waals surface area contributed by atoms with E-state index in [0.717, 1.165) is 31.0 Å². The maximum atomic E-state index is 10.9. The molecule has 1 N–H and O–H groups in total. The Bertz CT molecular complexity index is 461. The fraction of sp³-hybridized carbons (Fsp3) is 0.455. The number of pyridine rings is 1. The molecule has 0 saturated carbocycles. The molecule has 2 bridgehead atoms. The first-order valence-corrected chi connectivity index (χ1v) is 5.39. The molecular weight excluding hydrogens is 206 g/mol. The lowest BCUT2D eigenvalue weighted by atomic mass is 10.2. The Hall–Kier alpha value is -1.78. The number of likely N-dealkylation sites (N-methyl/N-ethyl adjacent to an activating group) is 1. The van der Waals surface area contributed by atoms with Gasteiger partial charge in [0.25, 0.3) is 0 Å². The second kappa shape index (κ2) is 3.10. The second-order valence-electron chi connectivity index (χ2n) is 4.34. The van der Waals surface area contributed by atoms with Crippen LogP contribution in [0.3, 0.4) is 0 Å². The van der Waals surface area contributed by atoms with Gasteiger partial charge in [0.2, 0.25) is 0 Å². The van der Waals surface area contributed by atoms with Crippen LogP contribution in [0.4, 0.5) is 11.5 Å². The maximum Gasteiger partial charge on any atom is 0.354 e. The van der Waals surface area contributed by atoms with Gasteiger partial charge in [-0.1, -0.05) is 0 Å². The van der Waals surface area contributed by atoms with Gasteiger partial charge >= 0.3 is 5.97 Å². The fourth-order valence-corrected chi connectivity index (χ4v) is 2.52. The molecule has 1 aromatic rings. The van der Waals surface area contributed by atoms with E-state index in [1.807, 2.05) is 13.1 Å². The van der Waals surface area contributed by atoms with E-state index in [1.165, 1.54) is 0 Å². The van der Waals surface area contributed by atoms with Gasteiger partial charge in [-0.25, -0.2) is 9.78 Å². The quantitative estimate of drug-likeness (QED) is 0.757. The Kier molecular flexibility index (Phi) is 1.83. The summed E-state index contributed by atoms with van der Waals surface area (Å²) >= 11 is 0. The Labute approximate surface area is 93.3 Å². The molecule has 16 heavy (non-hydrogen) atoms. The summed E-state index contributed by atoms with van der Waals surface area (Å²) in [6, 6.07) is 3.92. The minimum atomic E-state index is -0.968. The number of rotatable bonds is 1. The van der Waals surface area contributed by atoms with Crippen LogP contribution in [0.15, 0.2) is 12.1 Å². The van der Waals surface area contributed by atoms with Crippen molar-refractivity contribution in [3.8, 4) is 0 Å². The van der Waals surface area contributed by atoms with E-state index in [-0.39, 0.29) is 5.69 Å². The Balaban J connectivity index is 2.12. The normalized spacial score (nSPS) is 22.2. The van der Waals surface area contributed by atoms with Gasteiger partial charge in [0.15, 0.2) is 11.5 Å². The van der Waals surface area contributed by atoms with Gasteiger partial charge in [-0.2, -0.15) is 0 Å². The van der Waals surface area contributed by atoms with Crippen molar-refractivity contribution in [2.75, 3.05) is 29.9 Å². The van der Waals surface area contributed by atoms with Crippen molar-refractivity contribution in [1.82, 2.24) is 4.98 Å². The first kappa shape index (κ1) is 9.45. The second-order valence-corrected chi connectivity index (χ2v) is 4.34. The number of nitrogens with zero attached hydrogens (tertiary/aromatic N) is 3. The molecule has 2 aliphatic heterocycles. The van der Waals surface area contributed by atoms with E-state index in [2.05, 4.69) is 14.8 Å².